The van der Waals surface area contributed by atoms with Crippen molar-refractivity contribution in [2.75, 3.05) is 6.54 Å². The summed E-state index contributed by atoms with van der Waals surface area (Å²) in [4.78, 5) is 24.1. The Bertz CT molecular complexity index is 825. The Morgan fingerprint density at radius 3 is 3.00 bits per heavy atom. The number of carbonyl (C=O) groups excluding carboxylic acids is 2. The summed E-state index contributed by atoms with van der Waals surface area (Å²) in [6.45, 7) is 1.86. The van der Waals surface area contributed by atoms with Gasteiger partial charge in [0.25, 0.3) is 0 Å². The number of rotatable bonds is 7. The molecule has 0 amide bonds. The highest BCUT2D eigenvalue weighted by atomic mass is 16.5. The molecule has 0 unspecified atom stereocenters. The Balaban J connectivity index is 1.69. The molecule has 0 saturated carbocycles. The molecule has 0 aliphatic carbocycles. The second-order valence-corrected chi connectivity index (χ2v) is 6.36. The molecule has 0 radical (unpaired) electrons. The van der Waals surface area contributed by atoms with Crippen molar-refractivity contribution in [3.63, 3.8) is 0 Å². The minimum Gasteiger partial charge on any atom is -0.535 e. The van der Waals surface area contributed by atoms with Crippen LogP contribution in [0.5, 0.6) is 5.75 Å². The average molecular weight is 357 g/mol. The van der Waals surface area contributed by atoms with E-state index in [0.717, 1.165) is 5.56 Å². The van der Waals surface area contributed by atoms with Crippen molar-refractivity contribution in [2.45, 2.75) is 38.5 Å². The Morgan fingerprint density at radius 1 is 1.46 bits per heavy atom. The van der Waals surface area contributed by atoms with Gasteiger partial charge in [0.1, 0.15) is 12.3 Å². The van der Waals surface area contributed by atoms with Gasteiger partial charge in [0, 0.05) is 18.7 Å². The summed E-state index contributed by atoms with van der Waals surface area (Å²) in [6, 6.07) is 5.28. The predicted octanol–water partition coefficient (Wildman–Crippen LogP) is -0.178. The first kappa shape index (κ1) is 18.2. The van der Waals surface area contributed by atoms with Crippen LogP contribution in [0.3, 0.4) is 0 Å². The minimum absolute atomic E-state index is 0.0197. The third kappa shape index (κ3) is 3.81. The number of Topliss-reactive ketones (excluding diaryl/α,β-unsaturated/α-hetero) is 2. The Kier molecular flexibility index (Phi) is 5.43. The number of para-hydroxylation sites is 1. The van der Waals surface area contributed by atoms with Crippen LogP contribution >= 0.6 is 0 Å². The Hall–Kier alpha value is -2.59. The summed E-state index contributed by atoms with van der Waals surface area (Å²) in [6.07, 6.45) is 1.05. The molecular weight excluding hydrogens is 337 g/mol. The number of tetrazole rings is 1. The second kappa shape index (κ2) is 7.75. The number of hydrogen-bond acceptors (Lipinski definition) is 8. The molecule has 136 valence electrons. The van der Waals surface area contributed by atoms with Gasteiger partial charge in [-0.3, -0.25) is 9.59 Å². The van der Waals surface area contributed by atoms with E-state index in [1.165, 1.54) is 11.6 Å². The maximum absolute atomic E-state index is 12.4. The fourth-order valence-corrected chi connectivity index (χ4v) is 3.11. The Labute approximate surface area is 150 Å². The summed E-state index contributed by atoms with van der Waals surface area (Å²) in [5.41, 5.74) is 6.75. The molecule has 0 fully saturated rings. The molecule has 10 heteroatoms. The van der Waals surface area contributed by atoms with E-state index in [1.54, 1.807) is 12.1 Å². The lowest BCUT2D eigenvalue weighted by Crippen LogP contribution is -2.36. The molecule has 0 bridgehead atoms. The van der Waals surface area contributed by atoms with Gasteiger partial charge in [0.15, 0.2) is 17.4 Å². The first-order valence-electron chi connectivity index (χ1n) is 8.44. The van der Waals surface area contributed by atoms with Gasteiger partial charge in [-0.1, -0.05) is 12.1 Å². The normalized spacial score (nSPS) is 16.1. The van der Waals surface area contributed by atoms with Gasteiger partial charge in [0.2, 0.25) is 0 Å². The number of aromatic nitrogens is 4. The van der Waals surface area contributed by atoms with E-state index in [-0.39, 0.29) is 24.5 Å². The Morgan fingerprint density at radius 2 is 2.27 bits per heavy atom. The van der Waals surface area contributed by atoms with Gasteiger partial charge in [-0.2, -0.15) is 0 Å². The standard InChI is InChI=1S/C16H20BN5O4/c1-10(23)14-4-2-3-11-7-12(17(25)26-16(11)14)8-13(24)9-22-15(5-6-18)19-20-21-22/h2-4,12,25H,5-9,18H2,1H3/t12-/m1/s1. The molecule has 3 N–H and O–H groups in total. The summed E-state index contributed by atoms with van der Waals surface area (Å²) in [7, 11) is -1.15. The smallest absolute Gasteiger partial charge is 0.526 e. The molecule has 1 aliphatic heterocycles. The molecule has 1 aromatic heterocycles. The van der Waals surface area contributed by atoms with E-state index in [0.29, 0.717) is 36.5 Å². The molecule has 2 heterocycles. The summed E-state index contributed by atoms with van der Waals surface area (Å²) < 4.78 is 6.98. The van der Waals surface area contributed by atoms with Crippen molar-refractivity contribution in [3.8, 4) is 5.75 Å². The summed E-state index contributed by atoms with van der Waals surface area (Å²) in [5.74, 6) is 0.315. The first-order chi connectivity index (χ1) is 12.5. The first-order valence-corrected chi connectivity index (χ1v) is 8.44. The van der Waals surface area contributed by atoms with E-state index in [9.17, 15) is 14.6 Å². The molecular formula is C16H20BN5O4. The fourth-order valence-electron chi connectivity index (χ4n) is 3.11. The highest BCUT2D eigenvalue weighted by Gasteiger charge is 2.37. The van der Waals surface area contributed by atoms with Gasteiger partial charge >= 0.3 is 7.12 Å². The number of fused-ring (bicyclic) bond motifs is 1. The number of nitrogens with zero attached hydrogens (tertiary/aromatic N) is 4. The molecule has 1 aromatic carbocycles. The SMILES string of the molecule is CC(=O)c1cccc2c1OB(O)[C@@H](CC(=O)Cn1nnnc1CCN)C2. The van der Waals surface area contributed by atoms with Gasteiger partial charge in [-0.25, -0.2) is 4.68 Å². The molecule has 1 atom stereocenters. The van der Waals surface area contributed by atoms with Crippen molar-refractivity contribution < 1.29 is 19.3 Å². The number of carbonyl (C=O) groups is 2. The number of benzene rings is 1. The molecule has 26 heavy (non-hydrogen) atoms. The van der Waals surface area contributed by atoms with Crippen molar-refractivity contribution >= 4 is 18.7 Å². The van der Waals surface area contributed by atoms with Crippen LogP contribution in [0.15, 0.2) is 18.2 Å². The van der Waals surface area contributed by atoms with E-state index in [1.807, 2.05) is 6.07 Å². The third-order valence-corrected chi connectivity index (χ3v) is 4.39. The van der Waals surface area contributed by atoms with Crippen LogP contribution in [0.2, 0.25) is 5.82 Å². The van der Waals surface area contributed by atoms with Crippen LogP contribution < -0.4 is 10.4 Å². The quantitative estimate of drug-likeness (QED) is 0.515. The minimum atomic E-state index is -1.15. The fraction of sp³-hybridized carbons (Fsp3) is 0.438. The zero-order chi connectivity index (χ0) is 18.7. The second-order valence-electron chi connectivity index (χ2n) is 6.36. The highest BCUT2D eigenvalue weighted by molar-refractivity contribution is 6.47. The van der Waals surface area contributed by atoms with Crippen LogP contribution in [0, 0.1) is 0 Å². The van der Waals surface area contributed by atoms with Gasteiger partial charge in [0.05, 0.1) is 5.56 Å². The van der Waals surface area contributed by atoms with Crippen LogP contribution in [0.1, 0.15) is 35.1 Å². The maximum Gasteiger partial charge on any atom is 0.526 e. The number of nitrogens with two attached hydrogens (primary N) is 1. The number of ketones is 2. The molecule has 0 spiro atoms. The van der Waals surface area contributed by atoms with Crippen LogP contribution in [0.4, 0.5) is 0 Å². The number of hydrogen-bond donors (Lipinski definition) is 2. The lowest BCUT2D eigenvalue weighted by Gasteiger charge is -2.28. The average Bonchev–Trinajstić information content (AvgIpc) is 3.02. The van der Waals surface area contributed by atoms with Crippen molar-refractivity contribution in [1.82, 2.24) is 20.2 Å². The molecule has 0 saturated heterocycles. The van der Waals surface area contributed by atoms with Gasteiger partial charge in [-0.15, -0.1) is 5.10 Å². The largest absolute Gasteiger partial charge is 0.535 e. The van der Waals surface area contributed by atoms with Crippen LogP contribution in [0.25, 0.3) is 0 Å². The van der Waals surface area contributed by atoms with E-state index < -0.39 is 12.9 Å². The lowest BCUT2D eigenvalue weighted by molar-refractivity contribution is -0.120. The zero-order valence-electron chi connectivity index (χ0n) is 14.5. The molecule has 2 aromatic rings. The summed E-state index contributed by atoms with van der Waals surface area (Å²) in [5, 5.41) is 21.5. The highest BCUT2D eigenvalue weighted by Crippen LogP contribution is 2.36. The van der Waals surface area contributed by atoms with Crippen LogP contribution in [-0.2, 0) is 24.2 Å². The van der Waals surface area contributed by atoms with Crippen molar-refractivity contribution in [3.05, 3.63) is 35.2 Å². The van der Waals surface area contributed by atoms with Gasteiger partial charge in [-0.05, 0) is 41.9 Å². The van der Waals surface area contributed by atoms with E-state index >= 15 is 0 Å². The topological polar surface area (TPSA) is 133 Å². The summed E-state index contributed by atoms with van der Waals surface area (Å²) >= 11 is 0. The maximum atomic E-state index is 12.4. The van der Waals surface area contributed by atoms with Crippen molar-refractivity contribution in [2.24, 2.45) is 5.73 Å². The third-order valence-electron chi connectivity index (χ3n) is 4.39. The lowest BCUT2D eigenvalue weighted by atomic mass is 9.64. The molecule has 1 aliphatic rings. The van der Waals surface area contributed by atoms with Crippen LogP contribution in [-0.4, -0.2) is 50.5 Å². The molecule has 9 nitrogen and oxygen atoms in total. The monoisotopic (exact) mass is 357 g/mol. The van der Waals surface area contributed by atoms with Crippen molar-refractivity contribution in [1.29, 1.82) is 0 Å². The van der Waals surface area contributed by atoms with E-state index in [2.05, 4.69) is 15.5 Å². The molecule has 3 rings (SSSR count). The van der Waals surface area contributed by atoms with E-state index in [4.69, 9.17) is 10.4 Å². The predicted molar refractivity (Wildman–Crippen MR) is 92.7 cm³/mol. The van der Waals surface area contributed by atoms with Gasteiger partial charge < -0.3 is 15.4 Å². The zero-order valence-corrected chi connectivity index (χ0v) is 14.5.